The molecule has 0 amide bonds. The Balaban J connectivity index is 1.68. The highest BCUT2D eigenvalue weighted by Gasteiger charge is 2.54. The number of oxime groups is 1. The zero-order valence-corrected chi connectivity index (χ0v) is 15.9. The average molecular weight is 367 g/mol. The second-order valence-corrected chi connectivity index (χ2v) is 9.11. The molecule has 5 atom stereocenters. The van der Waals surface area contributed by atoms with Crippen LogP contribution in [0.1, 0.15) is 51.5 Å². The van der Waals surface area contributed by atoms with Crippen molar-refractivity contribution >= 4 is 28.9 Å². The van der Waals surface area contributed by atoms with Crippen molar-refractivity contribution < 1.29 is 4.84 Å². The van der Waals surface area contributed by atoms with Gasteiger partial charge in [-0.25, -0.2) is 0 Å². The van der Waals surface area contributed by atoms with E-state index in [1.807, 2.05) is 32.9 Å². The number of rotatable bonds is 2. The van der Waals surface area contributed by atoms with E-state index in [1.54, 1.807) is 0 Å². The van der Waals surface area contributed by atoms with Crippen molar-refractivity contribution in [1.29, 1.82) is 0 Å². The Bertz CT molecular complexity index is 682. The van der Waals surface area contributed by atoms with Crippen LogP contribution < -0.4 is 0 Å². The highest BCUT2D eigenvalue weighted by atomic mass is 35.5. The molecule has 130 valence electrons. The SMILES string of the molecule is CC(C)(C)ON=C1CN2[C@H]3CC[C@@H]2[C@@H]1[C@@H](c1ccc(Cl)c(Cl)c1)C3. The average Bonchev–Trinajstić information content (AvgIpc) is 2.92. The topological polar surface area (TPSA) is 24.8 Å². The normalized spacial score (nSPS) is 36.4. The molecule has 3 heterocycles. The monoisotopic (exact) mass is 366 g/mol. The van der Waals surface area contributed by atoms with Crippen LogP contribution in [-0.2, 0) is 4.84 Å². The summed E-state index contributed by atoms with van der Waals surface area (Å²) in [6.45, 7) is 7.08. The summed E-state index contributed by atoms with van der Waals surface area (Å²) in [5.74, 6) is 0.890. The first-order chi connectivity index (χ1) is 11.3. The van der Waals surface area contributed by atoms with E-state index in [9.17, 15) is 0 Å². The van der Waals surface area contributed by atoms with E-state index in [-0.39, 0.29) is 5.60 Å². The van der Waals surface area contributed by atoms with Crippen LogP contribution in [0.3, 0.4) is 0 Å². The quantitative estimate of drug-likeness (QED) is 0.678. The highest BCUT2D eigenvalue weighted by molar-refractivity contribution is 6.42. The molecule has 0 aromatic heterocycles. The van der Waals surface area contributed by atoms with Crippen LogP contribution in [0.4, 0.5) is 0 Å². The zero-order chi connectivity index (χ0) is 17.1. The van der Waals surface area contributed by atoms with Gasteiger partial charge in [0.2, 0.25) is 0 Å². The lowest BCUT2D eigenvalue weighted by Crippen LogP contribution is -2.40. The van der Waals surface area contributed by atoms with E-state index in [4.69, 9.17) is 28.0 Å². The van der Waals surface area contributed by atoms with Gasteiger partial charge in [-0.05, 0) is 63.6 Å². The van der Waals surface area contributed by atoms with Gasteiger partial charge in [0.25, 0.3) is 0 Å². The second kappa shape index (κ2) is 5.89. The van der Waals surface area contributed by atoms with Gasteiger partial charge in [0.05, 0.1) is 15.8 Å². The van der Waals surface area contributed by atoms with Gasteiger partial charge >= 0.3 is 0 Å². The molecule has 3 saturated heterocycles. The minimum Gasteiger partial charge on any atom is -0.390 e. The third kappa shape index (κ3) is 2.85. The predicted octanol–water partition coefficient (Wildman–Crippen LogP) is 5.11. The van der Waals surface area contributed by atoms with Crippen molar-refractivity contribution in [2.45, 2.75) is 63.6 Å². The van der Waals surface area contributed by atoms with Crippen molar-refractivity contribution in [2.75, 3.05) is 6.54 Å². The van der Waals surface area contributed by atoms with E-state index < -0.39 is 0 Å². The Morgan fingerprint density at radius 3 is 2.67 bits per heavy atom. The van der Waals surface area contributed by atoms with Crippen LogP contribution in [0.5, 0.6) is 0 Å². The van der Waals surface area contributed by atoms with Gasteiger partial charge < -0.3 is 4.84 Å². The summed E-state index contributed by atoms with van der Waals surface area (Å²) in [4.78, 5) is 8.41. The van der Waals surface area contributed by atoms with Gasteiger partial charge in [0, 0.05) is 24.5 Å². The minimum atomic E-state index is -0.253. The van der Waals surface area contributed by atoms with Gasteiger partial charge in [0.15, 0.2) is 0 Å². The molecular formula is C19H24Cl2N2O. The molecule has 3 aliphatic rings. The maximum Gasteiger partial charge on any atom is 0.129 e. The van der Waals surface area contributed by atoms with E-state index in [0.717, 1.165) is 6.54 Å². The van der Waals surface area contributed by atoms with E-state index in [2.05, 4.69) is 16.1 Å². The molecule has 0 spiro atoms. The number of benzene rings is 1. The third-order valence-electron chi connectivity index (χ3n) is 5.60. The van der Waals surface area contributed by atoms with Crippen molar-refractivity contribution in [3.63, 3.8) is 0 Å². The number of piperidine rings is 1. The molecular weight excluding hydrogens is 343 g/mol. The molecule has 3 aliphatic heterocycles. The second-order valence-electron chi connectivity index (χ2n) is 8.30. The van der Waals surface area contributed by atoms with E-state index in [1.165, 1.54) is 30.5 Å². The Hall–Kier alpha value is -0.770. The lowest BCUT2D eigenvalue weighted by atomic mass is 9.77. The largest absolute Gasteiger partial charge is 0.390 e. The molecule has 24 heavy (non-hydrogen) atoms. The van der Waals surface area contributed by atoms with Crippen LogP contribution in [0.25, 0.3) is 0 Å². The molecule has 3 nitrogen and oxygen atoms in total. The summed E-state index contributed by atoms with van der Waals surface area (Å²) in [6, 6.07) is 7.36. The molecule has 0 N–H and O–H groups in total. The molecule has 0 aliphatic carbocycles. The molecule has 3 fully saturated rings. The summed E-state index contributed by atoms with van der Waals surface area (Å²) < 4.78 is 0. The van der Waals surface area contributed by atoms with Gasteiger partial charge in [0.1, 0.15) is 5.60 Å². The molecule has 4 rings (SSSR count). The van der Waals surface area contributed by atoms with Gasteiger partial charge in [-0.1, -0.05) is 34.4 Å². The fourth-order valence-corrected chi connectivity index (χ4v) is 4.98. The molecule has 1 unspecified atom stereocenters. The molecule has 5 heteroatoms. The first-order valence-electron chi connectivity index (χ1n) is 8.79. The van der Waals surface area contributed by atoms with Crippen molar-refractivity contribution in [2.24, 2.45) is 11.1 Å². The molecule has 1 aromatic carbocycles. The molecule has 1 aromatic rings. The first kappa shape index (κ1) is 16.7. The van der Waals surface area contributed by atoms with Crippen molar-refractivity contribution in [1.82, 2.24) is 4.90 Å². The molecule has 0 radical (unpaired) electrons. The summed E-state index contributed by atoms with van der Waals surface area (Å²) in [7, 11) is 0. The van der Waals surface area contributed by atoms with Gasteiger partial charge in [-0.15, -0.1) is 0 Å². The Labute approximate surface area is 153 Å². The van der Waals surface area contributed by atoms with Crippen LogP contribution in [0.15, 0.2) is 23.4 Å². The summed E-state index contributed by atoms with van der Waals surface area (Å²) in [6.07, 6.45) is 3.74. The minimum absolute atomic E-state index is 0.253. The zero-order valence-electron chi connectivity index (χ0n) is 14.4. The van der Waals surface area contributed by atoms with Crippen LogP contribution >= 0.6 is 23.2 Å². The number of hydrogen-bond acceptors (Lipinski definition) is 3. The summed E-state index contributed by atoms with van der Waals surface area (Å²) in [5, 5.41) is 5.85. The van der Waals surface area contributed by atoms with Crippen molar-refractivity contribution in [3.8, 4) is 0 Å². The van der Waals surface area contributed by atoms with Crippen LogP contribution in [0, 0.1) is 5.92 Å². The molecule has 4 bridgehead atoms. The summed E-state index contributed by atoms with van der Waals surface area (Å²) in [5.41, 5.74) is 2.24. The van der Waals surface area contributed by atoms with Gasteiger partial charge in [-0.2, -0.15) is 0 Å². The number of hydrogen-bond donors (Lipinski definition) is 0. The predicted molar refractivity (Wildman–Crippen MR) is 99.1 cm³/mol. The van der Waals surface area contributed by atoms with Crippen LogP contribution in [0.2, 0.25) is 10.0 Å². The number of nitrogens with zero attached hydrogens (tertiary/aromatic N) is 2. The first-order valence-corrected chi connectivity index (χ1v) is 9.55. The van der Waals surface area contributed by atoms with Crippen molar-refractivity contribution in [3.05, 3.63) is 33.8 Å². The Morgan fingerprint density at radius 2 is 1.96 bits per heavy atom. The lowest BCUT2D eigenvalue weighted by molar-refractivity contribution is -0.0000557. The maximum absolute atomic E-state index is 6.28. The lowest BCUT2D eigenvalue weighted by Gasteiger charge is -2.37. The highest BCUT2D eigenvalue weighted by Crippen LogP contribution is 2.51. The van der Waals surface area contributed by atoms with Crippen LogP contribution in [-0.4, -0.2) is 34.8 Å². The summed E-state index contributed by atoms with van der Waals surface area (Å²) >= 11 is 12.4. The standard InChI is InChI=1S/C19H24Cl2N2O/c1-19(2,3)24-22-16-10-23-12-5-7-17(23)18(16)13(9-12)11-4-6-14(20)15(21)8-11/h4,6,8,12-13,17-18H,5,7,9-10H2,1-3H3/t12-,13+,17+,18+/m0/s1. The van der Waals surface area contributed by atoms with Gasteiger partial charge in [-0.3, -0.25) is 4.90 Å². The fraction of sp³-hybridized carbons (Fsp3) is 0.632. The third-order valence-corrected chi connectivity index (χ3v) is 6.34. The van der Waals surface area contributed by atoms with E-state index in [0.29, 0.717) is 34.0 Å². The molecule has 0 saturated carbocycles. The Morgan fingerprint density at radius 1 is 1.17 bits per heavy atom. The number of halogens is 2. The van der Waals surface area contributed by atoms with E-state index >= 15 is 0 Å². The maximum atomic E-state index is 6.28. The smallest absolute Gasteiger partial charge is 0.129 e. The fourth-order valence-electron chi connectivity index (χ4n) is 4.68. The Kier molecular flexibility index (Phi) is 4.10.